The van der Waals surface area contributed by atoms with Crippen LogP contribution in [0.3, 0.4) is 0 Å². The molecule has 10 heteroatoms. The first-order valence-electron chi connectivity index (χ1n) is 21.1. The highest BCUT2D eigenvalue weighted by Crippen LogP contribution is 2.66. The Morgan fingerprint density at radius 3 is 1.63 bits per heavy atom. The fourth-order valence-corrected chi connectivity index (χ4v) is 13.7. The Morgan fingerprint density at radius 1 is 0.603 bits per heavy atom. The van der Waals surface area contributed by atoms with Crippen LogP contribution in [0.2, 0.25) is 5.04 Å². The van der Waals surface area contributed by atoms with Crippen LogP contribution in [0.5, 0.6) is 17.2 Å². The van der Waals surface area contributed by atoms with Gasteiger partial charge in [-0.1, -0.05) is 160 Å². The SMILES string of the molecule is COCOc1cc(CO[Si](c2ccccc2)(c2ccccc2)C(C)(C)C)c(/C(=C\CO)[C@@]2(OC)c3cccc(OCc4ccccc4)c3C2(OC)OC)c(OCc2ccccc2)c1. The molecule has 0 radical (unpaired) electrons. The Labute approximate surface area is 372 Å². The second-order valence-electron chi connectivity index (χ2n) is 16.4. The average Bonchev–Trinajstić information content (AvgIpc) is 3.31. The van der Waals surface area contributed by atoms with Crippen LogP contribution in [0.15, 0.2) is 158 Å². The van der Waals surface area contributed by atoms with Gasteiger partial charge in [0.2, 0.25) is 5.79 Å². The first-order valence-corrected chi connectivity index (χ1v) is 23.0. The smallest absolute Gasteiger partial charge is 0.261 e. The highest BCUT2D eigenvalue weighted by molar-refractivity contribution is 6.99. The number of aliphatic hydroxyl groups is 1. The average molecular weight is 867 g/mol. The Hall–Kier alpha value is -5.56. The Morgan fingerprint density at radius 2 is 1.14 bits per heavy atom. The molecule has 1 N–H and O–H groups in total. The number of rotatable bonds is 20. The van der Waals surface area contributed by atoms with Crippen molar-refractivity contribution < 1.29 is 42.7 Å². The second kappa shape index (κ2) is 19.9. The lowest BCUT2D eigenvalue weighted by Crippen LogP contribution is -2.66. The molecule has 0 saturated carbocycles. The molecule has 0 bridgehead atoms. The summed E-state index contributed by atoms with van der Waals surface area (Å²) in [4.78, 5) is 0. The normalized spacial score (nSPS) is 15.9. The molecule has 0 amide bonds. The van der Waals surface area contributed by atoms with Gasteiger partial charge in [-0.15, -0.1) is 0 Å². The standard InChI is InChI=1S/C53H58O9Si/c1-51(2,3)63(43-25-16-10-17-26-43,44-27-18-11-19-28-44)62-37-41-33-42(61-38-55-4)34-48(60-36-40-23-14-9-15-24-40)49(41)45(31-32-54)52(56-5)46-29-20-30-47(50(46)53(52,57-6)58-7)59-35-39-21-12-8-13-22-39/h8-31,33-34,54H,32,35-38H2,1-7H3/b45-31+/t52-/m1/s1. The number of fused-ring (bicyclic) bond motifs is 1. The van der Waals surface area contributed by atoms with Crippen LogP contribution in [0.4, 0.5) is 0 Å². The fraction of sp³-hybridized carbons (Fsp3) is 0.283. The third-order valence-electron chi connectivity index (χ3n) is 11.9. The van der Waals surface area contributed by atoms with E-state index in [0.717, 1.165) is 32.6 Å². The van der Waals surface area contributed by atoms with Crippen LogP contribution in [0, 0.1) is 0 Å². The lowest BCUT2D eigenvalue weighted by molar-refractivity contribution is -0.327. The quantitative estimate of drug-likeness (QED) is 0.0596. The molecule has 0 aromatic heterocycles. The van der Waals surface area contributed by atoms with Crippen LogP contribution >= 0.6 is 0 Å². The van der Waals surface area contributed by atoms with E-state index >= 15 is 0 Å². The minimum absolute atomic E-state index is 0.00339. The Balaban J connectivity index is 1.47. The van der Waals surface area contributed by atoms with Crippen LogP contribution in [-0.4, -0.2) is 55.3 Å². The van der Waals surface area contributed by atoms with Gasteiger partial charge < -0.3 is 42.7 Å². The van der Waals surface area contributed by atoms with Crippen molar-refractivity contribution in [3.63, 3.8) is 0 Å². The molecule has 6 aromatic carbocycles. The van der Waals surface area contributed by atoms with E-state index in [0.29, 0.717) is 40.6 Å². The number of methoxy groups -OCH3 is 4. The van der Waals surface area contributed by atoms with E-state index in [1.54, 1.807) is 34.5 Å². The van der Waals surface area contributed by atoms with Crippen molar-refractivity contribution in [2.24, 2.45) is 0 Å². The first-order chi connectivity index (χ1) is 30.6. The topological polar surface area (TPSA) is 94.1 Å². The second-order valence-corrected chi connectivity index (χ2v) is 20.7. The molecule has 1 aliphatic rings. The summed E-state index contributed by atoms with van der Waals surface area (Å²) < 4.78 is 52.4. The van der Waals surface area contributed by atoms with Gasteiger partial charge in [0.05, 0.1) is 18.8 Å². The molecular formula is C53H58O9Si. The summed E-state index contributed by atoms with van der Waals surface area (Å²) in [5, 5.41) is 13.0. The predicted molar refractivity (Wildman–Crippen MR) is 249 cm³/mol. The van der Waals surface area contributed by atoms with Gasteiger partial charge in [0, 0.05) is 51.2 Å². The molecule has 1 atom stereocenters. The van der Waals surface area contributed by atoms with Crippen molar-refractivity contribution in [2.75, 3.05) is 41.8 Å². The van der Waals surface area contributed by atoms with Crippen molar-refractivity contribution in [3.05, 3.63) is 191 Å². The summed E-state index contributed by atoms with van der Waals surface area (Å²) >= 11 is 0. The van der Waals surface area contributed by atoms with E-state index < -0.39 is 19.7 Å². The third kappa shape index (κ3) is 8.48. The molecule has 9 nitrogen and oxygen atoms in total. The van der Waals surface area contributed by atoms with Gasteiger partial charge >= 0.3 is 0 Å². The summed E-state index contributed by atoms with van der Waals surface area (Å²) in [5.41, 5.74) is 3.82. The van der Waals surface area contributed by atoms with Crippen LogP contribution in [0.1, 0.15) is 54.2 Å². The molecular weight excluding hydrogens is 809 g/mol. The molecule has 0 aliphatic heterocycles. The van der Waals surface area contributed by atoms with Crippen molar-refractivity contribution >= 4 is 24.3 Å². The molecule has 0 fully saturated rings. The number of hydrogen-bond acceptors (Lipinski definition) is 9. The maximum absolute atomic E-state index is 11.1. The van der Waals surface area contributed by atoms with Crippen LogP contribution in [0.25, 0.3) is 5.57 Å². The molecule has 0 saturated heterocycles. The minimum atomic E-state index is -3.10. The number of benzene rings is 6. The van der Waals surface area contributed by atoms with E-state index in [-0.39, 0.29) is 31.7 Å². The number of ether oxygens (including phenoxy) is 7. The fourth-order valence-electron chi connectivity index (χ4n) is 9.15. The van der Waals surface area contributed by atoms with Gasteiger partial charge in [-0.3, -0.25) is 0 Å². The monoisotopic (exact) mass is 866 g/mol. The molecule has 7 rings (SSSR count). The maximum Gasteiger partial charge on any atom is 0.261 e. The Bertz CT molecular complexity index is 2390. The first kappa shape index (κ1) is 45.5. The molecule has 0 spiro atoms. The lowest BCUT2D eigenvalue weighted by atomic mass is 9.61. The van der Waals surface area contributed by atoms with Gasteiger partial charge in [0.15, 0.2) is 12.4 Å². The van der Waals surface area contributed by atoms with Crippen LogP contribution < -0.4 is 24.6 Å². The maximum atomic E-state index is 11.1. The van der Waals surface area contributed by atoms with Crippen molar-refractivity contribution in [3.8, 4) is 17.2 Å². The molecule has 328 valence electrons. The van der Waals surface area contributed by atoms with E-state index in [4.69, 9.17) is 37.6 Å². The van der Waals surface area contributed by atoms with Gasteiger partial charge in [0.25, 0.3) is 8.32 Å². The molecule has 0 heterocycles. The summed E-state index contributed by atoms with van der Waals surface area (Å²) in [5.74, 6) is 0.00406. The summed E-state index contributed by atoms with van der Waals surface area (Å²) in [6, 6.07) is 50.6. The zero-order chi connectivity index (χ0) is 44.5. The van der Waals surface area contributed by atoms with Gasteiger partial charge in [-0.25, -0.2) is 0 Å². The van der Waals surface area contributed by atoms with E-state index in [2.05, 4.69) is 69.3 Å². The van der Waals surface area contributed by atoms with E-state index in [9.17, 15) is 5.11 Å². The van der Waals surface area contributed by atoms with E-state index in [1.807, 2.05) is 103 Å². The molecule has 0 unspecified atom stereocenters. The van der Waals surface area contributed by atoms with Gasteiger partial charge in [0.1, 0.15) is 30.5 Å². The number of hydrogen-bond donors (Lipinski definition) is 1. The summed E-state index contributed by atoms with van der Waals surface area (Å²) in [7, 11) is 3.28. The predicted octanol–water partition coefficient (Wildman–Crippen LogP) is 9.28. The van der Waals surface area contributed by atoms with Crippen molar-refractivity contribution in [1.29, 1.82) is 0 Å². The minimum Gasteiger partial charge on any atom is -0.488 e. The van der Waals surface area contributed by atoms with E-state index in [1.165, 1.54) is 0 Å². The summed E-state index contributed by atoms with van der Waals surface area (Å²) in [6.45, 7) is 7.08. The summed E-state index contributed by atoms with van der Waals surface area (Å²) in [6.07, 6.45) is 1.74. The molecule has 63 heavy (non-hydrogen) atoms. The highest BCUT2D eigenvalue weighted by atomic mass is 28.4. The third-order valence-corrected chi connectivity index (χ3v) is 16.8. The van der Waals surface area contributed by atoms with Crippen LogP contribution in [-0.2, 0) is 54.6 Å². The highest BCUT2D eigenvalue weighted by Gasteiger charge is 2.70. The molecule has 6 aromatic rings. The number of aliphatic hydroxyl groups excluding tert-OH is 1. The largest absolute Gasteiger partial charge is 0.488 e. The zero-order valence-electron chi connectivity index (χ0n) is 37.3. The van der Waals surface area contributed by atoms with Gasteiger partial charge in [-0.05, 0) is 44.2 Å². The molecule has 1 aliphatic carbocycles. The zero-order valence-corrected chi connectivity index (χ0v) is 38.3. The Kier molecular flexibility index (Phi) is 14.3. The van der Waals surface area contributed by atoms with Crippen molar-refractivity contribution in [1.82, 2.24) is 0 Å². The van der Waals surface area contributed by atoms with Crippen molar-refractivity contribution in [2.45, 2.75) is 57.0 Å². The van der Waals surface area contributed by atoms with Gasteiger partial charge in [-0.2, -0.15) is 0 Å². The lowest BCUT2D eigenvalue weighted by Gasteiger charge is -2.58.